The minimum Gasteiger partial charge on any atom is -0.476 e. The van der Waals surface area contributed by atoms with Crippen LogP contribution in [0.1, 0.15) is 28.0 Å². The van der Waals surface area contributed by atoms with Crippen molar-refractivity contribution in [1.29, 1.82) is 0 Å². The molecule has 0 aliphatic heterocycles. The van der Waals surface area contributed by atoms with Crippen molar-refractivity contribution in [2.24, 2.45) is 0 Å². The second-order valence-electron chi connectivity index (χ2n) is 5.82. The highest BCUT2D eigenvalue weighted by atomic mass is 16.4. The maximum absolute atomic E-state index is 12.0. The fraction of sp³-hybridized carbons (Fsp3) is 0.235. The first kappa shape index (κ1) is 17.3. The van der Waals surface area contributed by atoms with Crippen LogP contribution in [-0.2, 0) is 17.9 Å². The molecular formula is C17H18N6O3. The van der Waals surface area contributed by atoms with Gasteiger partial charge in [0.15, 0.2) is 5.69 Å². The van der Waals surface area contributed by atoms with Gasteiger partial charge in [-0.25, -0.2) is 14.5 Å². The molecule has 26 heavy (non-hydrogen) atoms. The first-order valence-corrected chi connectivity index (χ1v) is 8.01. The van der Waals surface area contributed by atoms with E-state index >= 15 is 0 Å². The van der Waals surface area contributed by atoms with Gasteiger partial charge in [0.2, 0.25) is 11.9 Å². The van der Waals surface area contributed by atoms with E-state index in [1.54, 1.807) is 11.0 Å². The number of amides is 1. The number of nitrogens with zero attached hydrogens (tertiary/aromatic N) is 5. The largest absolute Gasteiger partial charge is 0.476 e. The van der Waals surface area contributed by atoms with Crippen LogP contribution >= 0.6 is 0 Å². The molecule has 2 aromatic heterocycles. The Morgan fingerprint density at radius 1 is 1.19 bits per heavy atom. The Bertz CT molecular complexity index is 930. The Morgan fingerprint density at radius 2 is 2.04 bits per heavy atom. The molecule has 2 heterocycles. The summed E-state index contributed by atoms with van der Waals surface area (Å²) in [6, 6.07) is 9.46. The molecule has 9 nitrogen and oxygen atoms in total. The lowest BCUT2D eigenvalue weighted by atomic mass is 10.1. The van der Waals surface area contributed by atoms with Gasteiger partial charge in [0, 0.05) is 19.2 Å². The lowest BCUT2D eigenvalue weighted by Gasteiger charge is -2.03. The van der Waals surface area contributed by atoms with Gasteiger partial charge in [0.05, 0.1) is 6.54 Å². The average molecular weight is 354 g/mol. The van der Waals surface area contributed by atoms with E-state index in [9.17, 15) is 9.59 Å². The van der Waals surface area contributed by atoms with Crippen LogP contribution in [-0.4, -0.2) is 41.5 Å². The molecule has 0 bridgehead atoms. The third-order valence-electron chi connectivity index (χ3n) is 3.64. The maximum atomic E-state index is 12.0. The molecular weight excluding hydrogens is 336 g/mol. The topological polar surface area (TPSA) is 115 Å². The second kappa shape index (κ2) is 7.60. The highest BCUT2D eigenvalue weighted by Gasteiger charge is 2.10. The average Bonchev–Trinajstić information content (AvgIpc) is 3.23. The van der Waals surface area contributed by atoms with E-state index in [4.69, 9.17) is 5.11 Å². The van der Waals surface area contributed by atoms with Crippen LogP contribution in [0, 0.1) is 6.92 Å². The lowest BCUT2D eigenvalue weighted by Crippen LogP contribution is -2.16. The Kier molecular flexibility index (Phi) is 5.07. The highest BCUT2D eigenvalue weighted by molar-refractivity contribution is 5.88. The molecule has 0 aliphatic rings. The smallest absolute Gasteiger partial charge is 0.356 e. The number of aryl methyl sites for hydroxylation is 2. The summed E-state index contributed by atoms with van der Waals surface area (Å²) in [5.74, 6) is -1.14. The number of carbonyl (C=O) groups excluding carboxylic acids is 1. The van der Waals surface area contributed by atoms with Crippen LogP contribution in [0.5, 0.6) is 0 Å². The van der Waals surface area contributed by atoms with Crippen LogP contribution in [0.4, 0.5) is 5.95 Å². The van der Waals surface area contributed by atoms with Gasteiger partial charge in [-0.05, 0) is 18.6 Å². The first-order chi connectivity index (χ1) is 12.5. The summed E-state index contributed by atoms with van der Waals surface area (Å²) in [7, 11) is 0. The predicted octanol–water partition coefficient (Wildman–Crippen LogP) is 1.56. The van der Waals surface area contributed by atoms with Crippen molar-refractivity contribution in [3.05, 3.63) is 59.7 Å². The second-order valence-corrected chi connectivity index (χ2v) is 5.82. The van der Waals surface area contributed by atoms with Crippen LogP contribution < -0.4 is 5.32 Å². The molecule has 0 unspecified atom stereocenters. The van der Waals surface area contributed by atoms with Gasteiger partial charge in [0.1, 0.15) is 6.33 Å². The van der Waals surface area contributed by atoms with Gasteiger partial charge in [-0.3, -0.25) is 14.8 Å². The number of rotatable bonds is 7. The fourth-order valence-electron chi connectivity index (χ4n) is 2.43. The monoisotopic (exact) mass is 354 g/mol. The van der Waals surface area contributed by atoms with Gasteiger partial charge in [-0.15, -0.1) is 5.10 Å². The Hall–Kier alpha value is -3.49. The molecule has 1 amide bonds. The standard InChI is InChI=1S/C17H18N6O3/c1-12-3-2-4-13(9-12)10-23-11-18-17(21-23)19-15(24)6-8-22-7-5-14(20-22)16(25)26/h2-5,7,9,11H,6,8,10H2,1H3,(H,25,26)(H,19,21,24). The summed E-state index contributed by atoms with van der Waals surface area (Å²) in [5, 5.41) is 19.5. The number of aromatic nitrogens is 5. The summed E-state index contributed by atoms with van der Waals surface area (Å²) in [4.78, 5) is 26.8. The van der Waals surface area contributed by atoms with Crippen molar-refractivity contribution in [3.8, 4) is 0 Å². The van der Waals surface area contributed by atoms with Crippen molar-refractivity contribution in [2.45, 2.75) is 26.4 Å². The fourth-order valence-corrected chi connectivity index (χ4v) is 2.43. The zero-order valence-corrected chi connectivity index (χ0v) is 14.2. The molecule has 1 aromatic carbocycles. The minimum absolute atomic E-state index is 0.0537. The molecule has 3 rings (SSSR count). The summed E-state index contributed by atoms with van der Waals surface area (Å²) in [5.41, 5.74) is 2.21. The van der Waals surface area contributed by atoms with E-state index in [0.717, 1.165) is 5.56 Å². The molecule has 0 fully saturated rings. The van der Waals surface area contributed by atoms with Gasteiger partial charge < -0.3 is 5.11 Å². The van der Waals surface area contributed by atoms with Crippen molar-refractivity contribution in [3.63, 3.8) is 0 Å². The van der Waals surface area contributed by atoms with Gasteiger partial charge in [-0.1, -0.05) is 29.8 Å². The molecule has 2 N–H and O–H groups in total. The van der Waals surface area contributed by atoms with Crippen LogP contribution in [0.15, 0.2) is 42.9 Å². The lowest BCUT2D eigenvalue weighted by molar-refractivity contribution is -0.116. The number of carboxylic acids is 1. The summed E-state index contributed by atoms with van der Waals surface area (Å²) >= 11 is 0. The van der Waals surface area contributed by atoms with E-state index in [-0.39, 0.29) is 30.5 Å². The SMILES string of the molecule is Cc1cccc(Cn2cnc(NC(=O)CCn3ccc(C(=O)O)n3)n2)c1. The van der Waals surface area contributed by atoms with E-state index in [1.807, 2.05) is 25.1 Å². The number of hydrogen-bond acceptors (Lipinski definition) is 5. The number of anilines is 1. The molecule has 0 radical (unpaired) electrons. The number of carbonyl (C=O) groups is 2. The molecule has 134 valence electrons. The highest BCUT2D eigenvalue weighted by Crippen LogP contribution is 2.07. The van der Waals surface area contributed by atoms with Crippen molar-refractivity contribution < 1.29 is 14.7 Å². The third kappa shape index (κ3) is 4.53. The van der Waals surface area contributed by atoms with Crippen molar-refractivity contribution in [2.75, 3.05) is 5.32 Å². The van der Waals surface area contributed by atoms with E-state index < -0.39 is 5.97 Å². The van der Waals surface area contributed by atoms with Crippen molar-refractivity contribution in [1.82, 2.24) is 24.5 Å². The molecule has 0 saturated carbocycles. The molecule has 0 atom stereocenters. The van der Waals surface area contributed by atoms with Gasteiger partial charge in [-0.2, -0.15) is 5.10 Å². The van der Waals surface area contributed by atoms with Crippen LogP contribution in [0.2, 0.25) is 0 Å². The summed E-state index contributed by atoms with van der Waals surface area (Å²) in [6.07, 6.45) is 3.21. The number of hydrogen-bond donors (Lipinski definition) is 2. The van der Waals surface area contributed by atoms with Crippen LogP contribution in [0.3, 0.4) is 0 Å². The molecule has 0 aliphatic carbocycles. The summed E-state index contributed by atoms with van der Waals surface area (Å²) < 4.78 is 3.06. The molecule has 0 spiro atoms. The molecule has 9 heteroatoms. The Balaban J connectivity index is 1.51. The van der Waals surface area contributed by atoms with E-state index in [1.165, 1.54) is 22.5 Å². The minimum atomic E-state index is -1.10. The van der Waals surface area contributed by atoms with E-state index in [2.05, 4.69) is 26.6 Å². The summed E-state index contributed by atoms with van der Waals surface area (Å²) in [6.45, 7) is 2.86. The zero-order valence-electron chi connectivity index (χ0n) is 14.2. The van der Waals surface area contributed by atoms with Gasteiger partial charge >= 0.3 is 5.97 Å². The molecule has 0 saturated heterocycles. The normalized spacial score (nSPS) is 10.7. The number of benzene rings is 1. The maximum Gasteiger partial charge on any atom is 0.356 e. The van der Waals surface area contributed by atoms with Crippen molar-refractivity contribution >= 4 is 17.8 Å². The Morgan fingerprint density at radius 3 is 2.77 bits per heavy atom. The van der Waals surface area contributed by atoms with Crippen LogP contribution in [0.25, 0.3) is 0 Å². The zero-order chi connectivity index (χ0) is 18.5. The van der Waals surface area contributed by atoms with E-state index in [0.29, 0.717) is 6.54 Å². The third-order valence-corrected chi connectivity index (χ3v) is 3.64. The number of carboxylic acid groups (broad SMARTS) is 1. The van der Waals surface area contributed by atoms with Gasteiger partial charge in [0.25, 0.3) is 0 Å². The quantitative estimate of drug-likeness (QED) is 0.665. The number of aromatic carboxylic acids is 1. The predicted molar refractivity (Wildman–Crippen MR) is 92.7 cm³/mol. The first-order valence-electron chi connectivity index (χ1n) is 8.01. The Labute approximate surface area is 149 Å². The number of nitrogens with one attached hydrogen (secondary N) is 1. The molecule has 3 aromatic rings.